The number of rotatable bonds is 2. The number of benzene rings is 1. The van der Waals surface area contributed by atoms with Gasteiger partial charge in [-0.05, 0) is 31.5 Å². The number of nitrogens with zero attached hydrogens (tertiary/aromatic N) is 2. The Kier molecular flexibility index (Phi) is 3.38. The van der Waals surface area contributed by atoms with Gasteiger partial charge in [-0.25, -0.2) is 4.39 Å². The van der Waals surface area contributed by atoms with Crippen LogP contribution < -0.4 is 4.90 Å². The fraction of sp³-hybridized carbons (Fsp3) is 0.533. The van der Waals surface area contributed by atoms with Gasteiger partial charge in [0, 0.05) is 43.3 Å². The summed E-state index contributed by atoms with van der Waals surface area (Å²) in [7, 11) is 0. The molecule has 2 aliphatic heterocycles. The Morgan fingerprint density at radius 3 is 2.95 bits per heavy atom. The minimum Gasteiger partial charge on any atom is -0.389 e. The SMILES string of the molecule is C[C@@H](O)c1cc(F)ccc1N1CCN2C(=O)CCC2C1. The maximum Gasteiger partial charge on any atom is 0.223 e. The Labute approximate surface area is 117 Å². The molecule has 20 heavy (non-hydrogen) atoms. The van der Waals surface area contributed by atoms with E-state index in [1.165, 1.54) is 12.1 Å². The van der Waals surface area contributed by atoms with Crippen LogP contribution in [0.15, 0.2) is 18.2 Å². The lowest BCUT2D eigenvalue weighted by atomic mass is 10.0. The van der Waals surface area contributed by atoms with Gasteiger partial charge in [-0.2, -0.15) is 0 Å². The molecule has 1 N–H and O–H groups in total. The lowest BCUT2D eigenvalue weighted by Crippen LogP contribution is -2.51. The molecule has 0 bridgehead atoms. The first kappa shape index (κ1) is 13.4. The molecular weight excluding hydrogens is 259 g/mol. The number of aliphatic hydroxyl groups is 1. The highest BCUT2D eigenvalue weighted by atomic mass is 19.1. The topological polar surface area (TPSA) is 43.8 Å². The molecule has 1 amide bonds. The summed E-state index contributed by atoms with van der Waals surface area (Å²) >= 11 is 0. The molecule has 0 aromatic heterocycles. The molecule has 2 atom stereocenters. The van der Waals surface area contributed by atoms with Crippen LogP contribution >= 0.6 is 0 Å². The molecule has 0 aliphatic carbocycles. The van der Waals surface area contributed by atoms with Crippen molar-refractivity contribution in [2.75, 3.05) is 24.5 Å². The molecule has 0 radical (unpaired) electrons. The van der Waals surface area contributed by atoms with Crippen molar-refractivity contribution in [2.24, 2.45) is 0 Å². The second-order valence-corrected chi connectivity index (χ2v) is 5.60. The second kappa shape index (κ2) is 5.05. The maximum atomic E-state index is 13.4. The van der Waals surface area contributed by atoms with Gasteiger partial charge in [0.1, 0.15) is 5.82 Å². The van der Waals surface area contributed by atoms with E-state index >= 15 is 0 Å². The number of fused-ring (bicyclic) bond motifs is 1. The van der Waals surface area contributed by atoms with Crippen LogP contribution in [0.4, 0.5) is 10.1 Å². The fourth-order valence-electron chi connectivity index (χ4n) is 3.23. The molecule has 0 spiro atoms. The van der Waals surface area contributed by atoms with Gasteiger partial charge < -0.3 is 14.9 Å². The van der Waals surface area contributed by atoms with E-state index < -0.39 is 6.10 Å². The molecule has 2 aliphatic rings. The number of amides is 1. The number of halogens is 1. The van der Waals surface area contributed by atoms with Crippen molar-refractivity contribution in [1.82, 2.24) is 4.90 Å². The van der Waals surface area contributed by atoms with Crippen LogP contribution in [0.3, 0.4) is 0 Å². The van der Waals surface area contributed by atoms with Crippen LogP contribution in [-0.4, -0.2) is 41.6 Å². The number of carbonyl (C=O) groups is 1. The number of anilines is 1. The minimum absolute atomic E-state index is 0.240. The molecule has 1 aromatic rings. The van der Waals surface area contributed by atoms with Crippen molar-refractivity contribution in [1.29, 1.82) is 0 Å². The third-order valence-corrected chi connectivity index (χ3v) is 4.27. The van der Waals surface area contributed by atoms with E-state index in [0.717, 1.165) is 25.2 Å². The van der Waals surface area contributed by atoms with Crippen molar-refractivity contribution in [3.05, 3.63) is 29.6 Å². The summed E-state index contributed by atoms with van der Waals surface area (Å²) in [4.78, 5) is 15.8. The van der Waals surface area contributed by atoms with Crippen molar-refractivity contribution >= 4 is 11.6 Å². The van der Waals surface area contributed by atoms with E-state index in [0.29, 0.717) is 18.5 Å². The van der Waals surface area contributed by atoms with Crippen LogP contribution in [0.1, 0.15) is 31.4 Å². The molecule has 3 rings (SSSR count). The number of hydrogen-bond acceptors (Lipinski definition) is 3. The van der Waals surface area contributed by atoms with Crippen LogP contribution in [0.5, 0.6) is 0 Å². The summed E-state index contributed by atoms with van der Waals surface area (Å²) in [6.07, 6.45) is 0.815. The van der Waals surface area contributed by atoms with Crippen molar-refractivity contribution in [2.45, 2.75) is 31.9 Å². The molecule has 1 unspecified atom stereocenters. The Bertz CT molecular complexity index is 533. The van der Waals surface area contributed by atoms with Gasteiger partial charge in [0.05, 0.1) is 6.10 Å². The molecule has 2 saturated heterocycles. The highest BCUT2D eigenvalue weighted by Crippen LogP contribution is 2.31. The van der Waals surface area contributed by atoms with Gasteiger partial charge in [0.15, 0.2) is 0 Å². The lowest BCUT2D eigenvalue weighted by molar-refractivity contribution is -0.129. The Balaban J connectivity index is 1.85. The van der Waals surface area contributed by atoms with Gasteiger partial charge in [0.2, 0.25) is 5.91 Å². The highest BCUT2D eigenvalue weighted by molar-refractivity contribution is 5.79. The average molecular weight is 278 g/mol. The third-order valence-electron chi connectivity index (χ3n) is 4.27. The summed E-state index contributed by atoms with van der Waals surface area (Å²) in [5.41, 5.74) is 1.49. The molecule has 5 heteroatoms. The van der Waals surface area contributed by atoms with E-state index in [4.69, 9.17) is 0 Å². The van der Waals surface area contributed by atoms with E-state index in [1.54, 1.807) is 13.0 Å². The number of carbonyl (C=O) groups excluding carboxylic acids is 1. The first-order valence-electron chi connectivity index (χ1n) is 7.08. The van der Waals surface area contributed by atoms with E-state index in [1.807, 2.05) is 4.90 Å². The normalized spacial score (nSPS) is 23.9. The highest BCUT2D eigenvalue weighted by Gasteiger charge is 2.36. The second-order valence-electron chi connectivity index (χ2n) is 5.60. The average Bonchev–Trinajstić information content (AvgIpc) is 2.80. The summed E-state index contributed by atoms with van der Waals surface area (Å²) in [5, 5.41) is 9.83. The zero-order valence-electron chi connectivity index (χ0n) is 11.6. The van der Waals surface area contributed by atoms with Crippen LogP contribution in [0.25, 0.3) is 0 Å². The number of hydrogen-bond donors (Lipinski definition) is 1. The van der Waals surface area contributed by atoms with Crippen LogP contribution in [-0.2, 0) is 4.79 Å². The quantitative estimate of drug-likeness (QED) is 0.895. The van der Waals surface area contributed by atoms with E-state index in [9.17, 15) is 14.3 Å². The molecule has 1 aromatic carbocycles. The zero-order chi connectivity index (χ0) is 14.3. The monoisotopic (exact) mass is 278 g/mol. The van der Waals surface area contributed by atoms with Gasteiger partial charge in [-0.15, -0.1) is 0 Å². The maximum absolute atomic E-state index is 13.4. The first-order valence-corrected chi connectivity index (χ1v) is 7.08. The predicted molar refractivity (Wildman–Crippen MR) is 74.0 cm³/mol. The molecular formula is C15H19FN2O2. The molecule has 108 valence electrons. The predicted octanol–water partition coefficient (Wildman–Crippen LogP) is 1.69. The Morgan fingerprint density at radius 1 is 1.40 bits per heavy atom. The Hall–Kier alpha value is -1.62. The number of piperazine rings is 1. The third kappa shape index (κ3) is 2.26. The zero-order valence-corrected chi connectivity index (χ0v) is 11.6. The van der Waals surface area contributed by atoms with Crippen LogP contribution in [0, 0.1) is 5.82 Å². The summed E-state index contributed by atoms with van der Waals surface area (Å²) in [5.74, 6) is -0.0937. The lowest BCUT2D eigenvalue weighted by Gasteiger charge is -2.39. The van der Waals surface area contributed by atoms with Gasteiger partial charge in [-0.3, -0.25) is 4.79 Å². The minimum atomic E-state index is -0.705. The molecule has 0 saturated carbocycles. The Morgan fingerprint density at radius 2 is 2.20 bits per heavy atom. The van der Waals surface area contributed by atoms with Gasteiger partial charge in [-0.1, -0.05) is 0 Å². The summed E-state index contributed by atoms with van der Waals surface area (Å²) in [6, 6.07) is 4.80. The van der Waals surface area contributed by atoms with E-state index in [-0.39, 0.29) is 17.8 Å². The molecule has 4 nitrogen and oxygen atoms in total. The van der Waals surface area contributed by atoms with Crippen LogP contribution in [0.2, 0.25) is 0 Å². The molecule has 2 fully saturated rings. The summed E-state index contributed by atoms with van der Waals surface area (Å²) in [6.45, 7) is 3.85. The first-order chi connectivity index (χ1) is 9.56. The summed E-state index contributed by atoms with van der Waals surface area (Å²) < 4.78 is 13.4. The largest absolute Gasteiger partial charge is 0.389 e. The standard InChI is InChI=1S/C15H19FN2O2/c1-10(19)13-8-11(16)2-4-14(13)17-6-7-18-12(9-17)3-5-15(18)20/h2,4,8,10,12,19H,3,5-7,9H2,1H3/t10-,12?/m1/s1. The van der Waals surface area contributed by atoms with Gasteiger partial charge in [0.25, 0.3) is 0 Å². The van der Waals surface area contributed by atoms with Crippen molar-refractivity contribution in [3.8, 4) is 0 Å². The number of aliphatic hydroxyl groups excluding tert-OH is 1. The van der Waals surface area contributed by atoms with Gasteiger partial charge >= 0.3 is 0 Å². The van der Waals surface area contributed by atoms with E-state index in [2.05, 4.69) is 4.90 Å². The van der Waals surface area contributed by atoms with Crippen molar-refractivity contribution < 1.29 is 14.3 Å². The molecule has 2 heterocycles. The fourth-order valence-corrected chi connectivity index (χ4v) is 3.23. The van der Waals surface area contributed by atoms with Crippen molar-refractivity contribution in [3.63, 3.8) is 0 Å². The smallest absolute Gasteiger partial charge is 0.223 e.